The normalized spacial score (nSPS) is 29.9. The Morgan fingerprint density at radius 3 is 2.79 bits per heavy atom. The first-order valence-corrected chi connectivity index (χ1v) is 7.54. The van der Waals surface area contributed by atoms with Gasteiger partial charge in [0.1, 0.15) is 0 Å². The predicted octanol–water partition coefficient (Wildman–Crippen LogP) is 4.65. The number of hydrogen-bond acceptors (Lipinski definition) is 2. The zero-order valence-electron chi connectivity index (χ0n) is 12.3. The van der Waals surface area contributed by atoms with Gasteiger partial charge in [-0.25, -0.2) is 0 Å². The number of rotatable bonds is 5. The summed E-state index contributed by atoms with van der Waals surface area (Å²) < 4.78 is 5.84. The van der Waals surface area contributed by atoms with Gasteiger partial charge in [0.25, 0.3) is 0 Å². The molecule has 1 fully saturated rings. The van der Waals surface area contributed by atoms with E-state index in [1.807, 2.05) is 12.1 Å². The lowest BCUT2D eigenvalue weighted by Crippen LogP contribution is -2.59. The molecule has 0 aromatic heterocycles. The highest BCUT2D eigenvalue weighted by molar-refractivity contribution is 6.31. The van der Waals surface area contributed by atoms with Crippen LogP contribution in [0.5, 0.6) is 0 Å². The molecule has 1 aliphatic rings. The van der Waals surface area contributed by atoms with Crippen LogP contribution < -0.4 is 5.32 Å². The standard InChI is InChI=1S/C16H24ClNO/c1-5-16(4)14(10-15(16)19-6-2)18-13-9-7-8-12(17)11(13)3/h7-9,14-15,18H,5-6,10H2,1-4H3. The highest BCUT2D eigenvalue weighted by atomic mass is 35.5. The molecule has 1 saturated carbocycles. The third kappa shape index (κ3) is 2.61. The highest BCUT2D eigenvalue weighted by Gasteiger charge is 2.51. The molecule has 3 heteroatoms. The first kappa shape index (κ1) is 14.7. The monoisotopic (exact) mass is 281 g/mol. The van der Waals surface area contributed by atoms with Crippen molar-refractivity contribution in [3.8, 4) is 0 Å². The van der Waals surface area contributed by atoms with Crippen molar-refractivity contribution >= 4 is 17.3 Å². The van der Waals surface area contributed by atoms with Crippen LogP contribution in [0.2, 0.25) is 5.02 Å². The Labute approximate surface area is 121 Å². The molecule has 106 valence electrons. The van der Waals surface area contributed by atoms with Crippen molar-refractivity contribution in [1.82, 2.24) is 0 Å². The van der Waals surface area contributed by atoms with Crippen LogP contribution in [0.4, 0.5) is 5.69 Å². The number of ether oxygens (including phenoxy) is 1. The minimum atomic E-state index is 0.213. The lowest BCUT2D eigenvalue weighted by molar-refractivity contribution is -0.109. The summed E-state index contributed by atoms with van der Waals surface area (Å²) in [6.45, 7) is 9.48. The van der Waals surface area contributed by atoms with Gasteiger partial charge in [0.05, 0.1) is 6.10 Å². The molecule has 2 nitrogen and oxygen atoms in total. The lowest BCUT2D eigenvalue weighted by Gasteiger charge is -2.54. The van der Waals surface area contributed by atoms with Gasteiger partial charge >= 0.3 is 0 Å². The molecule has 1 aromatic rings. The van der Waals surface area contributed by atoms with E-state index >= 15 is 0 Å². The van der Waals surface area contributed by atoms with E-state index < -0.39 is 0 Å². The van der Waals surface area contributed by atoms with Crippen molar-refractivity contribution in [2.45, 2.75) is 52.7 Å². The van der Waals surface area contributed by atoms with Gasteiger partial charge in [-0.05, 0) is 44.4 Å². The first-order chi connectivity index (χ1) is 9.02. The first-order valence-electron chi connectivity index (χ1n) is 7.16. The molecule has 0 aliphatic heterocycles. The zero-order valence-corrected chi connectivity index (χ0v) is 13.1. The largest absolute Gasteiger partial charge is 0.381 e. The van der Waals surface area contributed by atoms with Crippen molar-refractivity contribution < 1.29 is 4.74 Å². The van der Waals surface area contributed by atoms with Crippen LogP contribution >= 0.6 is 11.6 Å². The van der Waals surface area contributed by atoms with Gasteiger partial charge < -0.3 is 10.1 Å². The van der Waals surface area contributed by atoms with E-state index in [1.165, 1.54) is 0 Å². The Hall–Kier alpha value is -0.730. The summed E-state index contributed by atoms with van der Waals surface area (Å²) >= 11 is 6.18. The number of halogens is 1. The van der Waals surface area contributed by atoms with Crippen molar-refractivity contribution in [1.29, 1.82) is 0 Å². The van der Waals surface area contributed by atoms with Crippen molar-refractivity contribution in [2.24, 2.45) is 5.41 Å². The van der Waals surface area contributed by atoms with Gasteiger partial charge in [-0.3, -0.25) is 0 Å². The van der Waals surface area contributed by atoms with Crippen LogP contribution in [-0.4, -0.2) is 18.8 Å². The lowest BCUT2D eigenvalue weighted by atomic mass is 9.61. The molecule has 3 atom stereocenters. The van der Waals surface area contributed by atoms with Gasteiger partial charge in [-0.15, -0.1) is 0 Å². The van der Waals surface area contributed by atoms with Crippen LogP contribution in [0, 0.1) is 12.3 Å². The third-order valence-corrected chi connectivity index (χ3v) is 5.12. The minimum absolute atomic E-state index is 0.213. The minimum Gasteiger partial charge on any atom is -0.381 e. The molecule has 0 saturated heterocycles. The van der Waals surface area contributed by atoms with Crippen molar-refractivity contribution in [3.05, 3.63) is 28.8 Å². The maximum atomic E-state index is 6.18. The molecular weight excluding hydrogens is 258 g/mol. The summed E-state index contributed by atoms with van der Waals surface area (Å²) in [6, 6.07) is 6.50. The molecule has 0 bridgehead atoms. The van der Waals surface area contributed by atoms with Crippen molar-refractivity contribution in [3.63, 3.8) is 0 Å². The molecule has 2 rings (SSSR count). The van der Waals surface area contributed by atoms with Gasteiger partial charge in [0.2, 0.25) is 0 Å². The molecular formula is C16H24ClNO. The number of anilines is 1. The summed E-state index contributed by atoms with van der Waals surface area (Å²) in [5.41, 5.74) is 2.49. The van der Waals surface area contributed by atoms with Crippen LogP contribution in [0.3, 0.4) is 0 Å². The van der Waals surface area contributed by atoms with Crippen LogP contribution in [0.25, 0.3) is 0 Å². The van der Waals surface area contributed by atoms with Crippen LogP contribution in [-0.2, 0) is 4.74 Å². The molecule has 1 aromatic carbocycles. The second kappa shape index (κ2) is 5.72. The maximum Gasteiger partial charge on any atom is 0.0667 e. The van der Waals surface area contributed by atoms with Crippen LogP contribution in [0.15, 0.2) is 18.2 Å². The third-order valence-electron chi connectivity index (χ3n) is 4.71. The summed E-state index contributed by atoms with van der Waals surface area (Å²) in [7, 11) is 0. The molecule has 1 N–H and O–H groups in total. The van der Waals surface area contributed by atoms with Gasteiger partial charge in [-0.1, -0.05) is 31.5 Å². The Morgan fingerprint density at radius 2 is 2.16 bits per heavy atom. The average Bonchev–Trinajstić information content (AvgIpc) is 2.41. The summed E-state index contributed by atoms with van der Waals surface area (Å²) in [5.74, 6) is 0. The second-order valence-corrected chi connectivity index (χ2v) is 6.06. The smallest absolute Gasteiger partial charge is 0.0667 e. The summed E-state index contributed by atoms with van der Waals surface area (Å²) in [6.07, 6.45) is 2.57. The molecule has 0 amide bonds. The summed E-state index contributed by atoms with van der Waals surface area (Å²) in [5, 5.41) is 4.48. The molecule has 3 unspecified atom stereocenters. The second-order valence-electron chi connectivity index (χ2n) is 5.65. The molecule has 19 heavy (non-hydrogen) atoms. The fourth-order valence-corrected chi connectivity index (χ4v) is 3.10. The number of benzene rings is 1. The SMILES string of the molecule is CCOC1CC(Nc2cccc(Cl)c2C)C1(C)CC. The van der Waals surface area contributed by atoms with Crippen LogP contribution in [0.1, 0.15) is 39.2 Å². The van der Waals surface area contributed by atoms with E-state index in [1.54, 1.807) is 0 Å². The Balaban J connectivity index is 2.10. The van der Waals surface area contributed by atoms with E-state index in [4.69, 9.17) is 16.3 Å². The number of hydrogen-bond donors (Lipinski definition) is 1. The fraction of sp³-hybridized carbons (Fsp3) is 0.625. The Bertz CT molecular complexity index is 448. The van der Waals surface area contributed by atoms with E-state index in [9.17, 15) is 0 Å². The Kier molecular flexibility index (Phi) is 4.42. The quantitative estimate of drug-likeness (QED) is 0.848. The maximum absolute atomic E-state index is 6.18. The topological polar surface area (TPSA) is 21.3 Å². The molecule has 1 aliphatic carbocycles. The van der Waals surface area contributed by atoms with Gasteiger partial charge in [-0.2, -0.15) is 0 Å². The van der Waals surface area contributed by atoms with Crippen molar-refractivity contribution in [2.75, 3.05) is 11.9 Å². The van der Waals surface area contributed by atoms with Gasteiger partial charge in [0.15, 0.2) is 0 Å². The van der Waals surface area contributed by atoms with E-state index in [-0.39, 0.29) is 5.41 Å². The molecule has 0 radical (unpaired) electrons. The summed E-state index contributed by atoms with van der Waals surface area (Å²) in [4.78, 5) is 0. The Morgan fingerprint density at radius 1 is 1.42 bits per heavy atom. The zero-order chi connectivity index (χ0) is 14.0. The highest BCUT2D eigenvalue weighted by Crippen LogP contribution is 2.47. The predicted molar refractivity (Wildman–Crippen MR) is 82.0 cm³/mol. The number of nitrogens with one attached hydrogen (secondary N) is 1. The molecule has 0 spiro atoms. The van der Waals surface area contributed by atoms with E-state index in [2.05, 4.69) is 39.1 Å². The van der Waals surface area contributed by atoms with E-state index in [0.29, 0.717) is 12.1 Å². The average molecular weight is 282 g/mol. The fourth-order valence-electron chi connectivity index (χ4n) is 2.93. The van der Waals surface area contributed by atoms with E-state index in [0.717, 1.165) is 35.7 Å². The molecule has 0 heterocycles. The van der Waals surface area contributed by atoms with Gasteiger partial charge in [0, 0.05) is 28.8 Å².